The highest BCUT2D eigenvalue weighted by molar-refractivity contribution is 9.10. The third-order valence-electron chi connectivity index (χ3n) is 1.96. The number of benzene rings is 1. The van der Waals surface area contributed by atoms with Crippen LogP contribution in [0.1, 0.15) is 5.69 Å². The maximum atomic E-state index is 13.0. The molecule has 0 radical (unpaired) electrons. The van der Waals surface area contributed by atoms with E-state index < -0.39 is 0 Å². The lowest BCUT2D eigenvalue weighted by Gasteiger charge is -2.05. The van der Waals surface area contributed by atoms with Crippen LogP contribution >= 0.6 is 15.9 Å². The van der Waals surface area contributed by atoms with Gasteiger partial charge < -0.3 is 5.32 Å². The van der Waals surface area contributed by atoms with Gasteiger partial charge in [-0.2, -0.15) is 5.26 Å². The first-order valence-corrected chi connectivity index (χ1v) is 5.42. The second-order valence-corrected chi connectivity index (χ2v) is 4.01. The van der Waals surface area contributed by atoms with E-state index in [1.807, 2.05) is 6.07 Å². The van der Waals surface area contributed by atoms with E-state index in [0.29, 0.717) is 16.0 Å². The number of nitriles is 1. The number of anilines is 2. The maximum Gasteiger partial charge on any atom is 0.158 e. The summed E-state index contributed by atoms with van der Waals surface area (Å²) in [6, 6.07) is 6.39. The van der Waals surface area contributed by atoms with E-state index in [2.05, 4.69) is 31.2 Å². The molecule has 0 aliphatic heterocycles. The van der Waals surface area contributed by atoms with Crippen molar-refractivity contribution in [1.29, 1.82) is 5.26 Å². The van der Waals surface area contributed by atoms with Crippen LogP contribution < -0.4 is 5.32 Å². The second-order valence-electron chi connectivity index (χ2n) is 3.15. The SMILES string of the molecule is N#Cc1cnc(Nc2ccc(F)c(Br)c2)cn1. The van der Waals surface area contributed by atoms with Crippen LogP contribution in [0.3, 0.4) is 0 Å². The summed E-state index contributed by atoms with van der Waals surface area (Å²) in [7, 11) is 0. The Hall–Kier alpha value is -2.00. The smallest absolute Gasteiger partial charge is 0.158 e. The van der Waals surface area contributed by atoms with Gasteiger partial charge in [-0.05, 0) is 34.1 Å². The Morgan fingerprint density at radius 3 is 2.71 bits per heavy atom. The van der Waals surface area contributed by atoms with Crippen molar-refractivity contribution in [3.63, 3.8) is 0 Å². The summed E-state index contributed by atoms with van der Waals surface area (Å²) in [6.45, 7) is 0. The average Bonchev–Trinajstić information content (AvgIpc) is 2.35. The highest BCUT2D eigenvalue weighted by atomic mass is 79.9. The Morgan fingerprint density at radius 1 is 1.29 bits per heavy atom. The summed E-state index contributed by atoms with van der Waals surface area (Å²) >= 11 is 3.09. The zero-order chi connectivity index (χ0) is 12.3. The van der Waals surface area contributed by atoms with Gasteiger partial charge in [0.15, 0.2) is 5.69 Å². The van der Waals surface area contributed by atoms with Crippen LogP contribution in [0, 0.1) is 17.1 Å². The summed E-state index contributed by atoms with van der Waals surface area (Å²) in [5.41, 5.74) is 0.924. The normalized spacial score (nSPS) is 9.71. The molecular formula is C11H6BrFN4. The number of aromatic nitrogens is 2. The third kappa shape index (κ3) is 2.77. The molecule has 1 aromatic carbocycles. The third-order valence-corrected chi connectivity index (χ3v) is 2.57. The summed E-state index contributed by atoms with van der Waals surface area (Å²) in [5, 5.41) is 11.5. The lowest BCUT2D eigenvalue weighted by Crippen LogP contribution is -1.95. The molecule has 0 aliphatic carbocycles. The molecule has 1 heterocycles. The van der Waals surface area contributed by atoms with Gasteiger partial charge in [0.2, 0.25) is 0 Å². The molecule has 17 heavy (non-hydrogen) atoms. The minimum Gasteiger partial charge on any atom is -0.339 e. The largest absolute Gasteiger partial charge is 0.339 e. The van der Waals surface area contributed by atoms with Gasteiger partial charge in [0.1, 0.15) is 17.7 Å². The Labute approximate surface area is 105 Å². The van der Waals surface area contributed by atoms with E-state index in [1.165, 1.54) is 18.5 Å². The van der Waals surface area contributed by atoms with Gasteiger partial charge in [0.25, 0.3) is 0 Å². The quantitative estimate of drug-likeness (QED) is 0.924. The molecule has 4 nitrogen and oxygen atoms in total. The van der Waals surface area contributed by atoms with Gasteiger partial charge >= 0.3 is 0 Å². The van der Waals surface area contributed by atoms with E-state index in [4.69, 9.17) is 5.26 Å². The van der Waals surface area contributed by atoms with Crippen LogP contribution in [0.15, 0.2) is 35.1 Å². The van der Waals surface area contributed by atoms with Crippen LogP contribution in [-0.2, 0) is 0 Å². The van der Waals surface area contributed by atoms with Crippen molar-refractivity contribution < 1.29 is 4.39 Å². The second kappa shape index (κ2) is 4.89. The zero-order valence-corrected chi connectivity index (χ0v) is 10.1. The Bertz CT molecular complexity index is 577. The van der Waals surface area contributed by atoms with E-state index in [9.17, 15) is 4.39 Å². The molecule has 1 aromatic heterocycles. The Balaban J connectivity index is 2.20. The van der Waals surface area contributed by atoms with Crippen molar-refractivity contribution in [2.45, 2.75) is 0 Å². The van der Waals surface area contributed by atoms with Crippen molar-refractivity contribution in [1.82, 2.24) is 9.97 Å². The number of nitrogens with zero attached hydrogens (tertiary/aromatic N) is 3. The number of halogens is 2. The van der Waals surface area contributed by atoms with Gasteiger partial charge in [0.05, 0.1) is 16.9 Å². The standard InChI is InChI=1S/C11H6BrFN4/c12-9-3-7(1-2-10(9)13)17-11-6-15-8(4-14)5-16-11/h1-3,5-6H,(H,16,17). The van der Waals surface area contributed by atoms with Gasteiger partial charge in [0, 0.05) is 5.69 Å². The fraction of sp³-hybridized carbons (Fsp3) is 0. The zero-order valence-electron chi connectivity index (χ0n) is 8.48. The molecule has 2 rings (SSSR count). The van der Waals surface area contributed by atoms with E-state index in [-0.39, 0.29) is 11.5 Å². The van der Waals surface area contributed by atoms with Crippen LogP contribution in [0.2, 0.25) is 0 Å². The summed E-state index contributed by atoms with van der Waals surface area (Å²) in [4.78, 5) is 7.85. The minimum atomic E-state index is -0.332. The molecular weight excluding hydrogens is 287 g/mol. The number of hydrogen-bond acceptors (Lipinski definition) is 4. The lowest BCUT2D eigenvalue weighted by molar-refractivity contribution is 0.621. The summed E-state index contributed by atoms with van der Waals surface area (Å²) in [5.74, 6) is 0.156. The molecule has 0 amide bonds. The average molecular weight is 293 g/mol. The Kier molecular flexibility index (Phi) is 3.30. The van der Waals surface area contributed by atoms with E-state index in [1.54, 1.807) is 12.1 Å². The van der Waals surface area contributed by atoms with Crippen molar-refractivity contribution in [2.75, 3.05) is 5.32 Å². The number of nitrogens with one attached hydrogen (secondary N) is 1. The first-order chi connectivity index (χ1) is 8.19. The summed E-state index contributed by atoms with van der Waals surface area (Å²) in [6.07, 6.45) is 2.80. The van der Waals surface area contributed by atoms with Gasteiger partial charge in [-0.15, -0.1) is 0 Å². The van der Waals surface area contributed by atoms with Crippen molar-refractivity contribution >= 4 is 27.4 Å². The highest BCUT2D eigenvalue weighted by Crippen LogP contribution is 2.21. The maximum absolute atomic E-state index is 13.0. The van der Waals surface area contributed by atoms with Crippen LogP contribution in [0.5, 0.6) is 0 Å². The van der Waals surface area contributed by atoms with Gasteiger partial charge in [-0.1, -0.05) is 0 Å². The van der Waals surface area contributed by atoms with Gasteiger partial charge in [-0.3, -0.25) is 0 Å². The predicted octanol–water partition coefficient (Wildman–Crippen LogP) is 2.99. The lowest BCUT2D eigenvalue weighted by atomic mass is 10.3. The fourth-order valence-electron chi connectivity index (χ4n) is 1.17. The molecule has 84 valence electrons. The minimum absolute atomic E-state index is 0.246. The molecule has 0 bridgehead atoms. The first-order valence-electron chi connectivity index (χ1n) is 4.63. The predicted molar refractivity (Wildman–Crippen MR) is 64.1 cm³/mol. The van der Waals surface area contributed by atoms with Crippen molar-refractivity contribution in [3.8, 4) is 6.07 Å². The van der Waals surface area contributed by atoms with E-state index >= 15 is 0 Å². The van der Waals surface area contributed by atoms with Crippen molar-refractivity contribution in [3.05, 3.63) is 46.6 Å². The molecule has 0 aliphatic rings. The molecule has 0 unspecified atom stereocenters. The molecule has 6 heteroatoms. The van der Waals surface area contributed by atoms with Crippen LogP contribution in [-0.4, -0.2) is 9.97 Å². The monoisotopic (exact) mass is 292 g/mol. The van der Waals surface area contributed by atoms with E-state index in [0.717, 1.165) is 0 Å². The molecule has 0 fully saturated rings. The molecule has 0 saturated heterocycles. The number of rotatable bonds is 2. The van der Waals surface area contributed by atoms with Crippen molar-refractivity contribution in [2.24, 2.45) is 0 Å². The van der Waals surface area contributed by atoms with Crippen LogP contribution in [0.25, 0.3) is 0 Å². The Morgan fingerprint density at radius 2 is 2.12 bits per heavy atom. The first kappa shape index (κ1) is 11.5. The van der Waals surface area contributed by atoms with Gasteiger partial charge in [-0.25, -0.2) is 14.4 Å². The fourth-order valence-corrected chi connectivity index (χ4v) is 1.55. The highest BCUT2D eigenvalue weighted by Gasteiger charge is 2.02. The molecule has 0 spiro atoms. The van der Waals surface area contributed by atoms with Crippen LogP contribution in [0.4, 0.5) is 15.9 Å². The molecule has 0 saturated carbocycles. The molecule has 2 aromatic rings. The number of hydrogen-bond donors (Lipinski definition) is 1. The topological polar surface area (TPSA) is 61.6 Å². The summed E-state index contributed by atoms with van der Waals surface area (Å²) < 4.78 is 13.4. The molecule has 1 N–H and O–H groups in total. The molecule has 0 atom stereocenters.